The normalized spacial score (nSPS) is 11.1. The van der Waals surface area contributed by atoms with Gasteiger partial charge in [0.15, 0.2) is 0 Å². The van der Waals surface area contributed by atoms with Gasteiger partial charge in [-0.3, -0.25) is 4.79 Å². The highest BCUT2D eigenvalue weighted by atomic mass is 32.2. The summed E-state index contributed by atoms with van der Waals surface area (Å²) >= 11 is 1.59. The Labute approximate surface area is 166 Å². The van der Waals surface area contributed by atoms with Crippen LogP contribution in [0.15, 0.2) is 47.6 Å². The van der Waals surface area contributed by atoms with Gasteiger partial charge in [-0.1, -0.05) is 43.2 Å². The minimum Gasteiger partial charge on any atom is -0.493 e. The van der Waals surface area contributed by atoms with Crippen LogP contribution in [0.5, 0.6) is 5.75 Å². The van der Waals surface area contributed by atoms with Crippen LogP contribution < -0.4 is 10.2 Å². The average molecular weight is 385 g/mol. The number of hydrazone groups is 1. The van der Waals surface area contributed by atoms with Crippen LogP contribution in [0.4, 0.5) is 0 Å². The fourth-order valence-electron chi connectivity index (χ4n) is 2.54. The van der Waals surface area contributed by atoms with Gasteiger partial charge in [-0.15, -0.1) is 11.8 Å². The van der Waals surface area contributed by atoms with E-state index in [4.69, 9.17) is 4.74 Å². The molecule has 0 saturated carbocycles. The summed E-state index contributed by atoms with van der Waals surface area (Å²) in [4.78, 5) is 11.9. The van der Waals surface area contributed by atoms with Gasteiger partial charge < -0.3 is 4.74 Å². The Bertz CT molecular complexity index is 750. The predicted molar refractivity (Wildman–Crippen MR) is 115 cm³/mol. The maximum atomic E-state index is 11.9. The van der Waals surface area contributed by atoms with E-state index in [2.05, 4.69) is 56.4 Å². The summed E-state index contributed by atoms with van der Waals surface area (Å²) in [5.74, 6) is 2.43. The zero-order chi connectivity index (χ0) is 19.6. The van der Waals surface area contributed by atoms with Crippen molar-refractivity contribution in [1.82, 2.24) is 5.43 Å². The second kappa shape index (κ2) is 10.8. The summed E-state index contributed by atoms with van der Waals surface area (Å²) in [5.41, 5.74) is 7.23. The number of aryl methyl sites for hydroxylation is 2. The van der Waals surface area contributed by atoms with Crippen LogP contribution >= 0.6 is 11.8 Å². The zero-order valence-corrected chi connectivity index (χ0v) is 17.3. The molecule has 0 radical (unpaired) electrons. The number of benzene rings is 2. The number of nitrogens with zero attached hydrogens (tertiary/aromatic N) is 1. The van der Waals surface area contributed by atoms with E-state index < -0.39 is 0 Å². The van der Waals surface area contributed by atoms with Crippen LogP contribution in [0.25, 0.3) is 0 Å². The van der Waals surface area contributed by atoms with Crippen molar-refractivity contribution in [3.8, 4) is 5.75 Å². The first-order valence-electron chi connectivity index (χ1n) is 9.12. The van der Waals surface area contributed by atoms with Crippen molar-refractivity contribution in [3.05, 3.63) is 64.7 Å². The number of amides is 1. The Hall–Kier alpha value is -2.27. The van der Waals surface area contributed by atoms with E-state index in [9.17, 15) is 4.79 Å². The molecular weight excluding hydrogens is 356 g/mol. The van der Waals surface area contributed by atoms with Crippen LogP contribution in [0, 0.1) is 19.8 Å². The molecular formula is C22H28N2O2S. The molecule has 0 bridgehead atoms. The molecule has 1 amide bonds. The van der Waals surface area contributed by atoms with Crippen molar-refractivity contribution < 1.29 is 9.53 Å². The third-order valence-corrected chi connectivity index (χ3v) is 4.65. The Morgan fingerprint density at radius 1 is 1.15 bits per heavy atom. The highest BCUT2D eigenvalue weighted by molar-refractivity contribution is 7.99. The van der Waals surface area contributed by atoms with Crippen molar-refractivity contribution in [2.45, 2.75) is 33.4 Å². The molecule has 0 saturated heterocycles. The van der Waals surface area contributed by atoms with E-state index in [1.807, 2.05) is 24.3 Å². The number of carbonyl (C=O) groups is 1. The number of hydrogen-bond acceptors (Lipinski definition) is 4. The van der Waals surface area contributed by atoms with Gasteiger partial charge >= 0.3 is 0 Å². The number of hydrogen-bond donors (Lipinski definition) is 1. The lowest BCUT2D eigenvalue weighted by Crippen LogP contribution is -2.19. The molecule has 5 heteroatoms. The molecule has 27 heavy (non-hydrogen) atoms. The highest BCUT2D eigenvalue weighted by Crippen LogP contribution is 2.16. The number of ether oxygens (including phenoxy) is 1. The first kappa shape index (κ1) is 21.0. The quantitative estimate of drug-likeness (QED) is 0.503. The van der Waals surface area contributed by atoms with Gasteiger partial charge in [0.1, 0.15) is 5.75 Å². The smallest absolute Gasteiger partial charge is 0.250 e. The van der Waals surface area contributed by atoms with Gasteiger partial charge in [0.05, 0.1) is 18.6 Å². The summed E-state index contributed by atoms with van der Waals surface area (Å²) < 4.78 is 5.64. The predicted octanol–water partition coefficient (Wildman–Crippen LogP) is 4.72. The topological polar surface area (TPSA) is 50.7 Å². The Morgan fingerprint density at radius 3 is 2.44 bits per heavy atom. The second-order valence-corrected chi connectivity index (χ2v) is 8.04. The van der Waals surface area contributed by atoms with Crippen molar-refractivity contribution in [2.24, 2.45) is 11.0 Å². The minimum atomic E-state index is -0.0995. The largest absolute Gasteiger partial charge is 0.493 e. The SMILES string of the molecule is Cc1cc(C)cc(CSCC(=O)N/N=C/c2ccc(OCC(C)C)cc2)c1. The van der Waals surface area contributed by atoms with E-state index >= 15 is 0 Å². The lowest BCUT2D eigenvalue weighted by Gasteiger charge is -2.08. The fraction of sp³-hybridized carbons (Fsp3) is 0.364. The highest BCUT2D eigenvalue weighted by Gasteiger charge is 2.02. The molecule has 0 atom stereocenters. The van der Waals surface area contributed by atoms with Crippen LogP contribution in [0.2, 0.25) is 0 Å². The molecule has 0 aliphatic carbocycles. The van der Waals surface area contributed by atoms with Crippen LogP contribution in [0.3, 0.4) is 0 Å². The lowest BCUT2D eigenvalue weighted by molar-refractivity contribution is -0.118. The average Bonchev–Trinajstić information content (AvgIpc) is 2.60. The summed E-state index contributed by atoms with van der Waals surface area (Å²) in [6, 6.07) is 14.1. The molecule has 1 N–H and O–H groups in total. The van der Waals surface area contributed by atoms with Gasteiger partial charge in [0, 0.05) is 5.75 Å². The standard InChI is InChI=1S/C22H28N2O2S/c1-16(2)13-26-21-7-5-19(6-8-21)12-23-24-22(25)15-27-14-20-10-17(3)9-18(4)11-20/h5-12,16H,13-15H2,1-4H3,(H,24,25)/b23-12+. The van der Waals surface area contributed by atoms with E-state index in [-0.39, 0.29) is 5.91 Å². The van der Waals surface area contributed by atoms with Gasteiger partial charge in [0.25, 0.3) is 0 Å². The maximum Gasteiger partial charge on any atom is 0.250 e. The van der Waals surface area contributed by atoms with E-state index in [0.29, 0.717) is 18.3 Å². The van der Waals surface area contributed by atoms with E-state index in [1.54, 1.807) is 18.0 Å². The molecule has 0 fully saturated rings. The number of nitrogens with one attached hydrogen (secondary N) is 1. The molecule has 0 aliphatic heterocycles. The lowest BCUT2D eigenvalue weighted by atomic mass is 10.1. The van der Waals surface area contributed by atoms with E-state index in [1.165, 1.54) is 16.7 Å². The second-order valence-electron chi connectivity index (χ2n) is 7.06. The van der Waals surface area contributed by atoms with Gasteiger partial charge in [-0.2, -0.15) is 5.10 Å². The van der Waals surface area contributed by atoms with Gasteiger partial charge in [0.2, 0.25) is 5.91 Å². The summed E-state index contributed by atoms with van der Waals surface area (Å²) in [5, 5.41) is 4.02. The Kier molecular flexibility index (Phi) is 8.40. The summed E-state index contributed by atoms with van der Waals surface area (Å²) in [6.07, 6.45) is 1.64. The first-order valence-corrected chi connectivity index (χ1v) is 10.3. The molecule has 0 heterocycles. The Morgan fingerprint density at radius 2 is 1.81 bits per heavy atom. The zero-order valence-electron chi connectivity index (χ0n) is 16.5. The maximum absolute atomic E-state index is 11.9. The number of rotatable bonds is 9. The monoisotopic (exact) mass is 384 g/mol. The Balaban J connectivity index is 1.71. The van der Waals surface area contributed by atoms with Crippen molar-refractivity contribution in [1.29, 1.82) is 0 Å². The number of carbonyl (C=O) groups excluding carboxylic acids is 1. The van der Waals surface area contributed by atoms with Crippen LogP contribution in [-0.4, -0.2) is 24.5 Å². The van der Waals surface area contributed by atoms with Gasteiger partial charge in [-0.05, 0) is 55.2 Å². The van der Waals surface area contributed by atoms with E-state index in [0.717, 1.165) is 17.1 Å². The van der Waals surface area contributed by atoms with Crippen molar-refractivity contribution in [3.63, 3.8) is 0 Å². The molecule has 2 aromatic carbocycles. The third-order valence-electron chi connectivity index (χ3n) is 3.65. The van der Waals surface area contributed by atoms with Crippen molar-refractivity contribution >= 4 is 23.9 Å². The first-order chi connectivity index (χ1) is 12.9. The molecule has 2 rings (SSSR count). The molecule has 0 aromatic heterocycles. The molecule has 2 aromatic rings. The van der Waals surface area contributed by atoms with Crippen LogP contribution in [-0.2, 0) is 10.5 Å². The molecule has 0 aliphatic rings. The van der Waals surface area contributed by atoms with Gasteiger partial charge in [-0.25, -0.2) is 5.43 Å². The summed E-state index contributed by atoms with van der Waals surface area (Å²) in [6.45, 7) is 9.11. The molecule has 144 valence electrons. The molecule has 0 unspecified atom stereocenters. The number of thioether (sulfide) groups is 1. The summed E-state index contributed by atoms with van der Waals surface area (Å²) in [7, 11) is 0. The fourth-order valence-corrected chi connectivity index (χ4v) is 3.29. The minimum absolute atomic E-state index is 0.0995. The third kappa shape index (κ3) is 8.31. The molecule has 0 spiro atoms. The molecule has 4 nitrogen and oxygen atoms in total. The van der Waals surface area contributed by atoms with Crippen LogP contribution in [0.1, 0.15) is 36.1 Å². The van der Waals surface area contributed by atoms with Crippen molar-refractivity contribution in [2.75, 3.05) is 12.4 Å².